The molecule has 0 saturated carbocycles. The summed E-state index contributed by atoms with van der Waals surface area (Å²) in [5.41, 5.74) is 4.96. The van der Waals surface area contributed by atoms with Gasteiger partial charge >= 0.3 is 0 Å². The summed E-state index contributed by atoms with van der Waals surface area (Å²) in [6.07, 6.45) is 2.46. The van der Waals surface area contributed by atoms with E-state index < -0.39 is 0 Å². The van der Waals surface area contributed by atoms with Crippen molar-refractivity contribution in [3.05, 3.63) is 142 Å². The smallest absolute Gasteiger partial charge is 0.261 e. The van der Waals surface area contributed by atoms with Crippen LogP contribution in [-0.4, -0.2) is 15.5 Å². The van der Waals surface area contributed by atoms with Crippen molar-refractivity contribution in [1.82, 2.24) is 9.55 Å². The number of aryl methyl sites for hydroxylation is 1. The van der Waals surface area contributed by atoms with Gasteiger partial charge in [0.05, 0.1) is 28.7 Å². The molecule has 1 amide bonds. The fraction of sp³-hybridized carbons (Fsp3) is 0.0938. The van der Waals surface area contributed by atoms with Crippen molar-refractivity contribution in [2.75, 3.05) is 4.90 Å². The van der Waals surface area contributed by atoms with Gasteiger partial charge in [-0.2, -0.15) is 0 Å². The molecule has 0 saturated heterocycles. The molecule has 0 N–H and O–H groups in total. The van der Waals surface area contributed by atoms with Crippen LogP contribution in [0, 0.1) is 0 Å². The molecule has 2 heterocycles. The number of anilines is 1. The molecule has 0 aliphatic carbocycles. The lowest BCUT2D eigenvalue weighted by Gasteiger charge is -2.17. The third-order valence-corrected chi connectivity index (χ3v) is 6.78. The maximum Gasteiger partial charge on any atom is 0.261 e. The van der Waals surface area contributed by atoms with Crippen LogP contribution in [0.1, 0.15) is 22.5 Å². The second-order valence-corrected chi connectivity index (χ2v) is 9.13. The summed E-state index contributed by atoms with van der Waals surface area (Å²) in [6, 6.07) is 35.2. The third kappa shape index (κ3) is 4.36. The van der Waals surface area contributed by atoms with Gasteiger partial charge in [-0.05, 0) is 41.8 Å². The molecule has 1 aliphatic heterocycles. The molecule has 4 aromatic carbocycles. The highest BCUT2D eigenvalue weighted by molar-refractivity contribution is 6.35. The average Bonchev–Trinajstić information content (AvgIpc) is 3.20. The number of amides is 1. The number of carbonyl (C=O) groups excluding carboxylic acids is 1. The molecule has 0 spiro atoms. The van der Waals surface area contributed by atoms with Crippen LogP contribution < -0.4 is 10.5 Å². The molecular weight excluding hydrogens is 458 g/mol. The van der Waals surface area contributed by atoms with Crippen LogP contribution in [0.25, 0.3) is 22.6 Å². The molecule has 180 valence electrons. The molecule has 5 heteroatoms. The van der Waals surface area contributed by atoms with Crippen LogP contribution in [0.4, 0.5) is 5.69 Å². The fourth-order valence-corrected chi connectivity index (χ4v) is 4.90. The van der Waals surface area contributed by atoms with Crippen LogP contribution in [0.15, 0.2) is 114 Å². The van der Waals surface area contributed by atoms with E-state index in [0.29, 0.717) is 41.8 Å². The Morgan fingerprint density at radius 1 is 0.703 bits per heavy atom. The SMILES string of the molecule is O=C1C(=Cc2nc3ccccc3c(=O)n2CCc2ccccc2)c2ccccc2N1Cc1ccccc1. The summed E-state index contributed by atoms with van der Waals surface area (Å²) >= 11 is 0. The molecular formula is C32H25N3O2. The molecule has 6 rings (SSSR count). The Morgan fingerprint density at radius 3 is 2.14 bits per heavy atom. The van der Waals surface area contributed by atoms with Crippen molar-refractivity contribution in [2.24, 2.45) is 0 Å². The highest BCUT2D eigenvalue weighted by atomic mass is 16.2. The molecule has 0 atom stereocenters. The topological polar surface area (TPSA) is 55.2 Å². The number of para-hydroxylation sites is 2. The first-order valence-corrected chi connectivity index (χ1v) is 12.4. The number of aromatic nitrogens is 2. The molecule has 1 aliphatic rings. The van der Waals surface area contributed by atoms with Gasteiger partial charge < -0.3 is 4.90 Å². The molecule has 37 heavy (non-hydrogen) atoms. The molecule has 5 aromatic rings. The minimum absolute atomic E-state index is 0.0953. The van der Waals surface area contributed by atoms with E-state index in [1.807, 2.05) is 91.0 Å². The first-order valence-electron chi connectivity index (χ1n) is 12.4. The average molecular weight is 484 g/mol. The van der Waals surface area contributed by atoms with Gasteiger partial charge in [0.2, 0.25) is 0 Å². The van der Waals surface area contributed by atoms with Crippen molar-refractivity contribution >= 4 is 34.1 Å². The largest absolute Gasteiger partial charge is 0.303 e. The Kier molecular flexibility index (Phi) is 5.95. The monoisotopic (exact) mass is 483 g/mol. The zero-order valence-electron chi connectivity index (χ0n) is 20.2. The highest BCUT2D eigenvalue weighted by Gasteiger charge is 2.32. The zero-order valence-corrected chi connectivity index (χ0v) is 20.2. The quantitative estimate of drug-likeness (QED) is 0.290. The van der Waals surface area contributed by atoms with Crippen molar-refractivity contribution in [1.29, 1.82) is 0 Å². The Balaban J connectivity index is 1.46. The Labute approximate surface area is 215 Å². The summed E-state index contributed by atoms with van der Waals surface area (Å²) in [7, 11) is 0. The lowest BCUT2D eigenvalue weighted by molar-refractivity contribution is -0.113. The number of nitrogens with zero attached hydrogens (tertiary/aromatic N) is 3. The van der Waals surface area contributed by atoms with E-state index in [-0.39, 0.29) is 11.5 Å². The van der Waals surface area contributed by atoms with Crippen molar-refractivity contribution in [2.45, 2.75) is 19.5 Å². The Bertz CT molecular complexity index is 1690. The highest BCUT2D eigenvalue weighted by Crippen LogP contribution is 2.38. The number of carbonyl (C=O) groups is 1. The maximum atomic E-state index is 13.8. The van der Waals surface area contributed by atoms with Gasteiger partial charge in [-0.3, -0.25) is 14.2 Å². The van der Waals surface area contributed by atoms with Crippen LogP contribution in [0.3, 0.4) is 0 Å². The van der Waals surface area contributed by atoms with Crippen LogP contribution in [-0.2, 0) is 24.3 Å². The lowest BCUT2D eigenvalue weighted by atomic mass is 10.1. The second-order valence-electron chi connectivity index (χ2n) is 9.13. The Hall–Kier alpha value is -4.77. The van der Waals surface area contributed by atoms with Gasteiger partial charge in [-0.1, -0.05) is 91.0 Å². The van der Waals surface area contributed by atoms with Crippen LogP contribution in [0.5, 0.6) is 0 Å². The van der Waals surface area contributed by atoms with Crippen LogP contribution >= 0.6 is 0 Å². The van der Waals surface area contributed by atoms with Gasteiger partial charge in [-0.15, -0.1) is 0 Å². The molecule has 0 bridgehead atoms. The number of fused-ring (bicyclic) bond motifs is 2. The van der Waals surface area contributed by atoms with Gasteiger partial charge in [0.1, 0.15) is 5.82 Å². The number of rotatable bonds is 6. The normalized spacial score (nSPS) is 13.9. The van der Waals surface area contributed by atoms with E-state index >= 15 is 0 Å². The summed E-state index contributed by atoms with van der Waals surface area (Å²) < 4.78 is 1.69. The second kappa shape index (κ2) is 9.70. The van der Waals surface area contributed by atoms with Crippen molar-refractivity contribution in [3.8, 4) is 0 Å². The minimum atomic E-state index is -0.103. The minimum Gasteiger partial charge on any atom is -0.303 e. The zero-order chi connectivity index (χ0) is 25.2. The van der Waals surface area contributed by atoms with Gasteiger partial charge in [0.15, 0.2) is 0 Å². The lowest BCUT2D eigenvalue weighted by Crippen LogP contribution is -2.27. The maximum absolute atomic E-state index is 13.8. The summed E-state index contributed by atoms with van der Waals surface area (Å²) in [5.74, 6) is 0.390. The Morgan fingerprint density at radius 2 is 1.35 bits per heavy atom. The molecule has 5 nitrogen and oxygen atoms in total. The van der Waals surface area contributed by atoms with E-state index in [0.717, 1.165) is 22.4 Å². The predicted molar refractivity (Wildman–Crippen MR) is 148 cm³/mol. The van der Waals surface area contributed by atoms with Crippen molar-refractivity contribution < 1.29 is 4.79 Å². The van der Waals surface area contributed by atoms with Gasteiger partial charge in [-0.25, -0.2) is 4.98 Å². The van der Waals surface area contributed by atoms with E-state index in [9.17, 15) is 9.59 Å². The summed E-state index contributed by atoms with van der Waals surface area (Å²) in [6.45, 7) is 0.934. The van der Waals surface area contributed by atoms with Gasteiger partial charge in [0, 0.05) is 12.1 Å². The van der Waals surface area contributed by atoms with Gasteiger partial charge in [0.25, 0.3) is 11.5 Å². The summed E-state index contributed by atoms with van der Waals surface area (Å²) in [4.78, 5) is 34.0. The number of benzene rings is 4. The fourth-order valence-electron chi connectivity index (χ4n) is 4.90. The van der Waals surface area contributed by atoms with E-state index in [1.54, 1.807) is 21.6 Å². The van der Waals surface area contributed by atoms with Crippen LogP contribution in [0.2, 0.25) is 0 Å². The molecule has 0 fully saturated rings. The predicted octanol–water partition coefficient (Wildman–Crippen LogP) is 5.73. The van der Waals surface area contributed by atoms with Crippen molar-refractivity contribution in [3.63, 3.8) is 0 Å². The number of hydrogen-bond donors (Lipinski definition) is 0. The van der Waals surface area contributed by atoms with E-state index in [2.05, 4.69) is 12.1 Å². The van der Waals surface area contributed by atoms with E-state index in [4.69, 9.17) is 4.98 Å². The first-order chi connectivity index (χ1) is 18.2. The number of hydrogen-bond acceptors (Lipinski definition) is 3. The van der Waals surface area contributed by atoms with E-state index in [1.165, 1.54) is 0 Å². The first kappa shape index (κ1) is 22.7. The standard InChI is InChI=1S/C32H25N3O2/c36-31-26-16-7-9-17-28(26)33-30(34(31)20-19-23-11-3-1-4-12-23)21-27-25-15-8-10-18-29(25)35(32(27)37)22-24-13-5-2-6-14-24/h1-18,21H,19-20,22H2. The summed E-state index contributed by atoms with van der Waals surface area (Å²) in [5, 5.41) is 0.571. The molecule has 1 aromatic heterocycles. The molecule has 0 radical (unpaired) electrons. The third-order valence-electron chi connectivity index (χ3n) is 6.78. The molecule has 0 unspecified atom stereocenters.